The molecule has 1 heterocycles. The van der Waals surface area contributed by atoms with E-state index in [0.717, 1.165) is 10.5 Å². The van der Waals surface area contributed by atoms with Crippen molar-refractivity contribution in [3.05, 3.63) is 54.0 Å². The fourth-order valence-corrected chi connectivity index (χ4v) is 2.92. The molecule has 0 aliphatic rings. The summed E-state index contributed by atoms with van der Waals surface area (Å²) in [6.07, 6.45) is 0.694. The molecular weight excluding hydrogens is 443 g/mol. The van der Waals surface area contributed by atoms with E-state index in [1.165, 1.54) is 26.4 Å². The average molecular weight is 471 g/mol. The molecule has 1 N–H and O–H groups in total. The Balaban J connectivity index is 2.00. The molecule has 0 atom stereocenters. The van der Waals surface area contributed by atoms with E-state index in [-0.39, 0.29) is 30.3 Å². The second-order valence-corrected chi connectivity index (χ2v) is 8.41. The minimum Gasteiger partial charge on any atom is -0.488 e. The maximum absolute atomic E-state index is 15.4. The number of ether oxygens (including phenoxy) is 3. The predicted octanol–water partition coefficient (Wildman–Crippen LogP) is 4.30. The number of fused-ring (bicyclic) bond motifs is 1. The Labute approximate surface area is 196 Å². The molecule has 180 valence electrons. The van der Waals surface area contributed by atoms with Crippen molar-refractivity contribution in [1.82, 2.24) is 9.97 Å². The molecule has 3 rings (SSSR count). The van der Waals surface area contributed by atoms with Gasteiger partial charge in [-0.05, 0) is 26.3 Å². The third-order valence-electron chi connectivity index (χ3n) is 4.62. The SMILES string of the molecule is COC(=O)CNc1cc(OCc2ccccc2)c2cnc(N(C)C(=O)OC(C)(C)C)nc2c1F. The number of amides is 1. The zero-order valence-electron chi connectivity index (χ0n) is 19.7. The summed E-state index contributed by atoms with van der Waals surface area (Å²) in [7, 11) is 2.67. The van der Waals surface area contributed by atoms with Crippen LogP contribution in [0.3, 0.4) is 0 Å². The maximum Gasteiger partial charge on any atom is 0.416 e. The maximum atomic E-state index is 15.4. The molecule has 1 aromatic heterocycles. The van der Waals surface area contributed by atoms with Crippen LogP contribution in [0.1, 0.15) is 26.3 Å². The smallest absolute Gasteiger partial charge is 0.416 e. The highest BCUT2D eigenvalue weighted by Gasteiger charge is 2.24. The van der Waals surface area contributed by atoms with E-state index in [1.54, 1.807) is 20.8 Å². The number of benzene rings is 2. The van der Waals surface area contributed by atoms with Gasteiger partial charge in [-0.3, -0.25) is 4.79 Å². The summed E-state index contributed by atoms with van der Waals surface area (Å²) in [5, 5.41) is 3.01. The number of rotatable bonds is 7. The second kappa shape index (κ2) is 10.3. The highest BCUT2D eigenvalue weighted by atomic mass is 19.1. The number of nitrogens with one attached hydrogen (secondary N) is 1. The molecule has 0 saturated heterocycles. The zero-order chi connectivity index (χ0) is 24.9. The van der Waals surface area contributed by atoms with Gasteiger partial charge in [0.15, 0.2) is 5.82 Å². The van der Waals surface area contributed by atoms with Crippen molar-refractivity contribution in [1.29, 1.82) is 0 Å². The molecule has 0 fully saturated rings. The van der Waals surface area contributed by atoms with Gasteiger partial charge in [0.2, 0.25) is 5.95 Å². The molecule has 0 spiro atoms. The summed E-state index contributed by atoms with van der Waals surface area (Å²) in [5.74, 6) is -1.05. The van der Waals surface area contributed by atoms with Gasteiger partial charge in [0.1, 0.15) is 30.0 Å². The predicted molar refractivity (Wildman–Crippen MR) is 125 cm³/mol. The third-order valence-corrected chi connectivity index (χ3v) is 4.62. The van der Waals surface area contributed by atoms with Crippen molar-refractivity contribution in [3.8, 4) is 5.75 Å². The number of aromatic nitrogens is 2. The number of hydrogen-bond donors (Lipinski definition) is 1. The van der Waals surface area contributed by atoms with E-state index < -0.39 is 23.5 Å². The highest BCUT2D eigenvalue weighted by molar-refractivity contribution is 5.92. The van der Waals surface area contributed by atoms with Crippen LogP contribution >= 0.6 is 0 Å². The van der Waals surface area contributed by atoms with Gasteiger partial charge in [0, 0.05) is 19.3 Å². The molecule has 0 unspecified atom stereocenters. The second-order valence-electron chi connectivity index (χ2n) is 8.41. The van der Waals surface area contributed by atoms with Gasteiger partial charge < -0.3 is 19.5 Å². The van der Waals surface area contributed by atoms with Crippen LogP contribution in [-0.2, 0) is 20.9 Å². The van der Waals surface area contributed by atoms with Crippen molar-refractivity contribution in [3.63, 3.8) is 0 Å². The number of hydrogen-bond acceptors (Lipinski definition) is 8. The first kappa shape index (κ1) is 24.7. The van der Waals surface area contributed by atoms with E-state index in [0.29, 0.717) is 11.1 Å². The van der Waals surface area contributed by atoms with E-state index >= 15 is 4.39 Å². The molecule has 0 bridgehead atoms. The largest absolute Gasteiger partial charge is 0.488 e. The molecule has 10 heteroatoms. The van der Waals surface area contributed by atoms with Crippen molar-refractivity contribution in [2.75, 3.05) is 30.9 Å². The van der Waals surface area contributed by atoms with Gasteiger partial charge in [-0.1, -0.05) is 30.3 Å². The van der Waals surface area contributed by atoms with Gasteiger partial charge in [0.05, 0.1) is 18.2 Å². The summed E-state index contributed by atoms with van der Waals surface area (Å²) in [6, 6.07) is 10.9. The Morgan fingerprint density at radius 1 is 1.18 bits per heavy atom. The molecule has 0 aliphatic heterocycles. The normalized spacial score (nSPS) is 11.1. The summed E-state index contributed by atoms with van der Waals surface area (Å²) in [5.41, 5.74) is 0.0896. The molecule has 1 amide bonds. The van der Waals surface area contributed by atoms with Crippen LogP contribution in [0.25, 0.3) is 10.9 Å². The number of esters is 1. The van der Waals surface area contributed by atoms with Crippen LogP contribution in [-0.4, -0.2) is 48.3 Å². The van der Waals surface area contributed by atoms with Gasteiger partial charge >= 0.3 is 12.1 Å². The summed E-state index contributed by atoms with van der Waals surface area (Å²) < 4.78 is 31.3. The van der Waals surface area contributed by atoms with Crippen LogP contribution in [0.5, 0.6) is 5.75 Å². The topological polar surface area (TPSA) is 103 Å². The van der Waals surface area contributed by atoms with Gasteiger partial charge in [-0.25, -0.2) is 24.1 Å². The van der Waals surface area contributed by atoms with E-state index in [4.69, 9.17) is 9.47 Å². The average Bonchev–Trinajstić information content (AvgIpc) is 2.81. The number of nitrogens with zero attached hydrogens (tertiary/aromatic N) is 3. The fourth-order valence-electron chi connectivity index (χ4n) is 2.92. The number of halogens is 1. The Kier molecular flexibility index (Phi) is 7.50. The minimum absolute atomic E-state index is 0.00877. The highest BCUT2D eigenvalue weighted by Crippen LogP contribution is 2.33. The quantitative estimate of drug-likeness (QED) is 0.510. The monoisotopic (exact) mass is 470 g/mol. The van der Waals surface area contributed by atoms with Crippen LogP contribution < -0.4 is 15.0 Å². The Hall–Kier alpha value is -3.95. The fraction of sp³-hybridized carbons (Fsp3) is 0.333. The van der Waals surface area contributed by atoms with E-state index in [9.17, 15) is 9.59 Å². The van der Waals surface area contributed by atoms with Crippen LogP contribution in [0.2, 0.25) is 0 Å². The molecule has 3 aromatic rings. The molecule has 0 radical (unpaired) electrons. The van der Waals surface area contributed by atoms with Gasteiger partial charge in [-0.2, -0.15) is 0 Å². The Bertz CT molecular complexity index is 1180. The number of carbonyl (C=O) groups is 2. The van der Waals surface area contributed by atoms with Gasteiger partial charge in [-0.15, -0.1) is 0 Å². The summed E-state index contributed by atoms with van der Waals surface area (Å²) >= 11 is 0. The lowest BCUT2D eigenvalue weighted by molar-refractivity contribution is -0.138. The van der Waals surface area contributed by atoms with Crippen molar-refractivity contribution >= 4 is 34.6 Å². The molecule has 34 heavy (non-hydrogen) atoms. The molecule has 9 nitrogen and oxygen atoms in total. The first-order valence-corrected chi connectivity index (χ1v) is 10.5. The third kappa shape index (κ3) is 6.09. The molecular formula is C24H27FN4O5. The summed E-state index contributed by atoms with van der Waals surface area (Å²) in [4.78, 5) is 33.5. The zero-order valence-corrected chi connectivity index (χ0v) is 19.7. The van der Waals surface area contributed by atoms with Crippen LogP contribution in [0, 0.1) is 5.82 Å². The lowest BCUT2D eigenvalue weighted by Crippen LogP contribution is -2.35. The van der Waals surface area contributed by atoms with Crippen molar-refractivity contribution in [2.45, 2.75) is 33.0 Å². The van der Waals surface area contributed by atoms with E-state index in [1.807, 2.05) is 30.3 Å². The first-order valence-electron chi connectivity index (χ1n) is 10.5. The van der Waals surface area contributed by atoms with Crippen molar-refractivity contribution < 1.29 is 28.2 Å². The number of methoxy groups -OCH3 is 1. The lowest BCUT2D eigenvalue weighted by atomic mass is 10.2. The molecule has 0 aliphatic carbocycles. The van der Waals surface area contributed by atoms with Crippen LogP contribution in [0.4, 0.5) is 20.8 Å². The lowest BCUT2D eigenvalue weighted by Gasteiger charge is -2.23. The van der Waals surface area contributed by atoms with Crippen LogP contribution in [0.15, 0.2) is 42.6 Å². The molecule has 2 aromatic carbocycles. The number of anilines is 2. The minimum atomic E-state index is -0.729. The first-order chi connectivity index (χ1) is 16.1. The standard InChI is InChI=1S/C24H27FN4O5/c1-24(2,3)34-23(31)29(4)22-27-12-16-18(33-14-15-9-7-6-8-10-15)11-17(20(25)21(16)28-22)26-13-19(30)32-5/h6-12,26H,13-14H2,1-5H3. The van der Waals surface area contributed by atoms with E-state index in [2.05, 4.69) is 20.0 Å². The number of carbonyl (C=O) groups excluding carboxylic acids is 2. The summed E-state index contributed by atoms with van der Waals surface area (Å²) in [6.45, 7) is 5.16. The molecule has 0 saturated carbocycles. The Morgan fingerprint density at radius 3 is 2.53 bits per heavy atom. The van der Waals surface area contributed by atoms with Crippen molar-refractivity contribution in [2.24, 2.45) is 0 Å². The Morgan fingerprint density at radius 2 is 1.88 bits per heavy atom. The van der Waals surface area contributed by atoms with Gasteiger partial charge in [0.25, 0.3) is 0 Å².